The van der Waals surface area contributed by atoms with Crippen LogP contribution in [0.15, 0.2) is 69.9 Å². The van der Waals surface area contributed by atoms with Gasteiger partial charge in [0.15, 0.2) is 0 Å². The first kappa shape index (κ1) is 14.7. The third kappa shape index (κ3) is 3.07. The van der Waals surface area contributed by atoms with Gasteiger partial charge < -0.3 is 9.26 Å². The standard InChI is InChI=1S/C19H14N2O2S/c1-13-3-2-4-17(11-13)22-16-7-5-14(6-8-16)18-20-19(23-21-18)15-9-10-24-12-15/h2-12H,1H3. The summed E-state index contributed by atoms with van der Waals surface area (Å²) in [5.74, 6) is 2.69. The number of ether oxygens (including phenoxy) is 1. The highest BCUT2D eigenvalue weighted by Gasteiger charge is 2.11. The highest BCUT2D eigenvalue weighted by atomic mass is 32.1. The van der Waals surface area contributed by atoms with Crippen LogP contribution in [0.25, 0.3) is 22.8 Å². The molecule has 24 heavy (non-hydrogen) atoms. The summed E-state index contributed by atoms with van der Waals surface area (Å²) < 4.78 is 11.2. The molecule has 2 heterocycles. The molecule has 0 aliphatic carbocycles. The van der Waals surface area contributed by atoms with Crippen LogP contribution in [-0.2, 0) is 0 Å². The van der Waals surface area contributed by atoms with Gasteiger partial charge >= 0.3 is 0 Å². The van der Waals surface area contributed by atoms with E-state index in [2.05, 4.69) is 10.1 Å². The average Bonchev–Trinajstić information content (AvgIpc) is 3.27. The van der Waals surface area contributed by atoms with Crippen LogP contribution in [0.1, 0.15) is 5.56 Å². The lowest BCUT2D eigenvalue weighted by Gasteiger charge is -2.06. The number of benzene rings is 2. The first-order valence-electron chi connectivity index (χ1n) is 7.49. The summed E-state index contributed by atoms with van der Waals surface area (Å²) in [6, 6.07) is 17.6. The Labute approximate surface area is 143 Å². The molecule has 0 aliphatic rings. The van der Waals surface area contributed by atoms with E-state index >= 15 is 0 Å². The smallest absolute Gasteiger partial charge is 0.259 e. The number of aryl methyl sites for hydroxylation is 1. The fourth-order valence-corrected chi connectivity index (χ4v) is 2.96. The number of thiophene rings is 1. The van der Waals surface area contributed by atoms with Crippen molar-refractivity contribution in [3.8, 4) is 34.3 Å². The van der Waals surface area contributed by atoms with Crippen LogP contribution in [-0.4, -0.2) is 10.1 Å². The largest absolute Gasteiger partial charge is 0.457 e. The Morgan fingerprint density at radius 1 is 0.958 bits per heavy atom. The summed E-state index contributed by atoms with van der Waals surface area (Å²) in [4.78, 5) is 4.44. The molecule has 0 spiro atoms. The second-order valence-corrected chi connectivity index (χ2v) is 6.16. The van der Waals surface area contributed by atoms with Crippen molar-refractivity contribution in [3.63, 3.8) is 0 Å². The minimum Gasteiger partial charge on any atom is -0.457 e. The van der Waals surface area contributed by atoms with Crippen molar-refractivity contribution in [2.75, 3.05) is 0 Å². The third-order valence-electron chi connectivity index (χ3n) is 3.53. The minimum atomic E-state index is 0.534. The van der Waals surface area contributed by atoms with Gasteiger partial charge in [-0.1, -0.05) is 17.3 Å². The molecule has 4 nitrogen and oxygen atoms in total. The molecule has 0 amide bonds. The van der Waals surface area contributed by atoms with Gasteiger partial charge in [0.05, 0.1) is 5.56 Å². The summed E-state index contributed by atoms with van der Waals surface area (Å²) in [7, 11) is 0. The van der Waals surface area contributed by atoms with Gasteiger partial charge in [-0.3, -0.25) is 0 Å². The Hall–Kier alpha value is -2.92. The molecular formula is C19H14N2O2S. The maximum absolute atomic E-state index is 5.85. The van der Waals surface area contributed by atoms with Gasteiger partial charge in [0.25, 0.3) is 5.89 Å². The molecule has 2 aromatic heterocycles. The van der Waals surface area contributed by atoms with E-state index in [-0.39, 0.29) is 0 Å². The number of hydrogen-bond acceptors (Lipinski definition) is 5. The highest BCUT2D eigenvalue weighted by Crippen LogP contribution is 2.27. The normalized spacial score (nSPS) is 10.7. The fraction of sp³-hybridized carbons (Fsp3) is 0.0526. The molecule has 5 heteroatoms. The molecule has 0 bridgehead atoms. The van der Waals surface area contributed by atoms with E-state index in [1.165, 1.54) is 0 Å². The second kappa shape index (κ2) is 6.29. The minimum absolute atomic E-state index is 0.534. The molecule has 0 atom stereocenters. The molecule has 118 valence electrons. The zero-order chi connectivity index (χ0) is 16.4. The van der Waals surface area contributed by atoms with Gasteiger partial charge in [0.1, 0.15) is 11.5 Å². The molecule has 0 saturated heterocycles. The van der Waals surface area contributed by atoms with Crippen molar-refractivity contribution in [1.82, 2.24) is 10.1 Å². The van der Waals surface area contributed by atoms with Crippen LogP contribution in [0.4, 0.5) is 0 Å². The Morgan fingerprint density at radius 3 is 2.58 bits per heavy atom. The van der Waals surface area contributed by atoms with Gasteiger partial charge in [0, 0.05) is 10.9 Å². The van der Waals surface area contributed by atoms with Crippen molar-refractivity contribution in [1.29, 1.82) is 0 Å². The number of hydrogen-bond donors (Lipinski definition) is 0. The quantitative estimate of drug-likeness (QED) is 0.490. The lowest BCUT2D eigenvalue weighted by atomic mass is 10.2. The maximum atomic E-state index is 5.85. The zero-order valence-electron chi connectivity index (χ0n) is 13.0. The topological polar surface area (TPSA) is 48.2 Å². The summed E-state index contributed by atoms with van der Waals surface area (Å²) in [6.07, 6.45) is 0. The first-order valence-corrected chi connectivity index (χ1v) is 8.43. The van der Waals surface area contributed by atoms with Crippen molar-refractivity contribution < 1.29 is 9.26 Å². The van der Waals surface area contributed by atoms with Gasteiger partial charge in [-0.15, -0.1) is 0 Å². The predicted molar refractivity (Wildman–Crippen MR) is 94.3 cm³/mol. The summed E-state index contributed by atoms with van der Waals surface area (Å²) >= 11 is 1.60. The van der Waals surface area contributed by atoms with E-state index in [1.54, 1.807) is 11.3 Å². The van der Waals surface area contributed by atoms with Crippen LogP contribution in [0.3, 0.4) is 0 Å². The van der Waals surface area contributed by atoms with Crippen LogP contribution < -0.4 is 4.74 Å². The van der Waals surface area contributed by atoms with E-state index in [0.717, 1.165) is 28.2 Å². The molecular weight excluding hydrogens is 320 g/mol. The molecule has 2 aromatic carbocycles. The van der Waals surface area contributed by atoms with Gasteiger partial charge in [0.2, 0.25) is 5.82 Å². The molecule has 0 aliphatic heterocycles. The first-order chi connectivity index (χ1) is 11.8. The van der Waals surface area contributed by atoms with Crippen molar-refractivity contribution in [2.45, 2.75) is 6.92 Å². The van der Waals surface area contributed by atoms with Gasteiger partial charge in [-0.25, -0.2) is 0 Å². The SMILES string of the molecule is Cc1cccc(Oc2ccc(-c3noc(-c4ccsc4)n3)cc2)c1. The lowest BCUT2D eigenvalue weighted by Crippen LogP contribution is -1.86. The maximum Gasteiger partial charge on any atom is 0.259 e. The van der Waals surface area contributed by atoms with Crippen LogP contribution in [0.2, 0.25) is 0 Å². The van der Waals surface area contributed by atoms with Crippen molar-refractivity contribution >= 4 is 11.3 Å². The van der Waals surface area contributed by atoms with Gasteiger partial charge in [-0.2, -0.15) is 16.3 Å². The highest BCUT2D eigenvalue weighted by molar-refractivity contribution is 7.08. The molecule has 0 N–H and O–H groups in total. The van der Waals surface area contributed by atoms with E-state index in [1.807, 2.05) is 72.3 Å². The Kier molecular flexibility index (Phi) is 3.84. The Bertz CT molecular complexity index is 944. The predicted octanol–water partition coefficient (Wildman–Crippen LogP) is 5.57. The zero-order valence-corrected chi connectivity index (χ0v) is 13.8. The summed E-state index contributed by atoms with van der Waals surface area (Å²) in [5, 5.41) is 8.01. The molecule has 0 fully saturated rings. The molecule has 4 rings (SSSR count). The second-order valence-electron chi connectivity index (χ2n) is 5.38. The van der Waals surface area contributed by atoms with Gasteiger partial charge in [-0.05, 0) is 60.3 Å². The Balaban J connectivity index is 1.53. The van der Waals surface area contributed by atoms with E-state index < -0.39 is 0 Å². The molecule has 0 radical (unpaired) electrons. The number of aromatic nitrogens is 2. The number of rotatable bonds is 4. The molecule has 0 saturated carbocycles. The average molecular weight is 334 g/mol. The fourth-order valence-electron chi connectivity index (χ4n) is 2.33. The van der Waals surface area contributed by atoms with Crippen molar-refractivity contribution in [3.05, 3.63) is 70.9 Å². The van der Waals surface area contributed by atoms with Crippen LogP contribution >= 0.6 is 11.3 Å². The van der Waals surface area contributed by atoms with Crippen LogP contribution in [0.5, 0.6) is 11.5 Å². The van der Waals surface area contributed by atoms with E-state index in [9.17, 15) is 0 Å². The van der Waals surface area contributed by atoms with Crippen molar-refractivity contribution in [2.24, 2.45) is 0 Å². The van der Waals surface area contributed by atoms with E-state index in [4.69, 9.17) is 9.26 Å². The monoisotopic (exact) mass is 334 g/mol. The van der Waals surface area contributed by atoms with Crippen LogP contribution in [0, 0.1) is 6.92 Å². The van der Waals surface area contributed by atoms with E-state index in [0.29, 0.717) is 11.7 Å². The molecule has 4 aromatic rings. The molecule has 0 unspecified atom stereocenters. The Morgan fingerprint density at radius 2 is 1.83 bits per heavy atom. The summed E-state index contributed by atoms with van der Waals surface area (Å²) in [6.45, 7) is 2.04. The lowest BCUT2D eigenvalue weighted by molar-refractivity contribution is 0.432. The number of nitrogens with zero attached hydrogens (tertiary/aromatic N) is 2. The summed E-state index contributed by atoms with van der Waals surface area (Å²) in [5.41, 5.74) is 2.99. The third-order valence-corrected chi connectivity index (χ3v) is 4.22.